The highest BCUT2D eigenvalue weighted by Crippen LogP contribution is 2.27. The second kappa shape index (κ2) is 6.86. The lowest BCUT2D eigenvalue weighted by atomic mass is 10.1. The summed E-state index contributed by atoms with van der Waals surface area (Å²) in [6, 6.07) is 8.37. The van der Waals surface area contributed by atoms with E-state index in [2.05, 4.69) is 5.32 Å². The smallest absolute Gasteiger partial charge is 0.248 e. The van der Waals surface area contributed by atoms with Crippen LogP contribution in [0.25, 0.3) is 6.08 Å². The zero-order chi connectivity index (χ0) is 16.3. The Morgan fingerprint density at radius 1 is 1.14 bits per heavy atom. The van der Waals surface area contributed by atoms with Crippen LogP contribution in [-0.2, 0) is 4.79 Å². The van der Waals surface area contributed by atoms with Crippen LogP contribution < -0.4 is 5.32 Å². The van der Waals surface area contributed by atoms with Gasteiger partial charge in [-0.1, -0.05) is 29.3 Å². The van der Waals surface area contributed by atoms with E-state index in [1.54, 1.807) is 36.4 Å². The van der Waals surface area contributed by atoms with Gasteiger partial charge in [0.2, 0.25) is 5.91 Å². The van der Waals surface area contributed by atoms with E-state index in [-0.39, 0.29) is 11.7 Å². The topological polar surface area (TPSA) is 49.3 Å². The van der Waals surface area contributed by atoms with Gasteiger partial charge in [-0.2, -0.15) is 0 Å². The summed E-state index contributed by atoms with van der Waals surface area (Å²) in [5.74, 6) is -0.320. The molecule has 5 heteroatoms. The molecule has 3 nitrogen and oxygen atoms in total. The molecule has 2 aromatic rings. The van der Waals surface area contributed by atoms with E-state index in [1.807, 2.05) is 13.8 Å². The molecule has 0 heterocycles. The van der Waals surface area contributed by atoms with Crippen molar-refractivity contribution in [3.8, 4) is 5.75 Å². The first-order chi connectivity index (χ1) is 10.4. The summed E-state index contributed by atoms with van der Waals surface area (Å²) in [6.45, 7) is 3.80. The number of hydrogen-bond donors (Lipinski definition) is 2. The van der Waals surface area contributed by atoms with E-state index in [9.17, 15) is 9.90 Å². The van der Waals surface area contributed by atoms with Crippen LogP contribution in [-0.4, -0.2) is 11.0 Å². The lowest BCUT2D eigenvalue weighted by Gasteiger charge is -2.08. The molecule has 0 atom stereocenters. The normalized spacial score (nSPS) is 10.9. The van der Waals surface area contributed by atoms with Crippen LogP contribution in [0.5, 0.6) is 5.75 Å². The summed E-state index contributed by atoms with van der Waals surface area (Å²) in [6.07, 6.45) is 2.94. The Kier molecular flexibility index (Phi) is 5.11. The molecule has 1 amide bonds. The molecular formula is C17H15Cl2NO2. The van der Waals surface area contributed by atoms with Gasteiger partial charge in [0.25, 0.3) is 0 Å². The lowest BCUT2D eigenvalue weighted by molar-refractivity contribution is -0.111. The van der Waals surface area contributed by atoms with E-state index in [0.29, 0.717) is 21.3 Å². The number of amides is 1. The quantitative estimate of drug-likeness (QED) is 0.614. The Labute approximate surface area is 139 Å². The van der Waals surface area contributed by atoms with E-state index in [0.717, 1.165) is 11.1 Å². The summed E-state index contributed by atoms with van der Waals surface area (Å²) in [5.41, 5.74) is 3.00. The third-order valence-electron chi connectivity index (χ3n) is 3.25. The van der Waals surface area contributed by atoms with Crippen molar-refractivity contribution in [2.75, 3.05) is 5.32 Å². The van der Waals surface area contributed by atoms with Crippen LogP contribution in [0.2, 0.25) is 10.0 Å². The molecule has 22 heavy (non-hydrogen) atoms. The molecule has 0 aliphatic rings. The molecule has 2 aromatic carbocycles. The fourth-order valence-corrected chi connectivity index (χ4v) is 2.35. The molecular weight excluding hydrogens is 321 g/mol. The molecule has 0 bridgehead atoms. The maximum absolute atomic E-state index is 11.9. The summed E-state index contributed by atoms with van der Waals surface area (Å²) in [4.78, 5) is 11.9. The molecule has 0 spiro atoms. The van der Waals surface area contributed by atoms with Crippen molar-refractivity contribution in [3.63, 3.8) is 0 Å². The van der Waals surface area contributed by atoms with Gasteiger partial charge >= 0.3 is 0 Å². The number of carbonyl (C=O) groups is 1. The van der Waals surface area contributed by atoms with Crippen molar-refractivity contribution >= 4 is 40.9 Å². The van der Waals surface area contributed by atoms with E-state index >= 15 is 0 Å². The molecule has 0 aliphatic heterocycles. The molecule has 0 fully saturated rings. The summed E-state index contributed by atoms with van der Waals surface area (Å²) in [5, 5.41) is 13.5. The van der Waals surface area contributed by atoms with Crippen LogP contribution in [0.4, 0.5) is 5.69 Å². The average molecular weight is 336 g/mol. The van der Waals surface area contributed by atoms with Crippen molar-refractivity contribution in [3.05, 3.63) is 63.1 Å². The highest BCUT2D eigenvalue weighted by molar-refractivity contribution is 6.35. The second-order valence-electron chi connectivity index (χ2n) is 4.94. The predicted octanol–water partition coefficient (Wildman–Crippen LogP) is 4.97. The molecule has 0 unspecified atom stereocenters. The van der Waals surface area contributed by atoms with Crippen molar-refractivity contribution in [2.24, 2.45) is 0 Å². The number of benzene rings is 2. The first kappa shape index (κ1) is 16.4. The number of aryl methyl sites for hydroxylation is 2. The Bertz CT molecular complexity index is 755. The number of halogens is 2. The van der Waals surface area contributed by atoms with Gasteiger partial charge < -0.3 is 10.4 Å². The van der Waals surface area contributed by atoms with Gasteiger partial charge in [0.1, 0.15) is 5.75 Å². The van der Waals surface area contributed by atoms with Crippen molar-refractivity contribution in [2.45, 2.75) is 13.8 Å². The number of phenolic OH excluding ortho intramolecular Hbond substituents is 1. The van der Waals surface area contributed by atoms with Crippen LogP contribution in [0, 0.1) is 13.8 Å². The number of aromatic hydroxyl groups is 1. The number of nitrogens with one attached hydrogen (secondary N) is 1. The maximum atomic E-state index is 11.9. The van der Waals surface area contributed by atoms with Crippen molar-refractivity contribution in [1.82, 2.24) is 0 Å². The minimum absolute atomic E-state index is 0.0365. The van der Waals surface area contributed by atoms with Crippen LogP contribution in [0.3, 0.4) is 0 Å². The molecule has 0 aromatic heterocycles. The Morgan fingerprint density at radius 3 is 2.50 bits per heavy atom. The van der Waals surface area contributed by atoms with E-state index in [4.69, 9.17) is 23.2 Å². The second-order valence-corrected chi connectivity index (χ2v) is 5.79. The summed E-state index contributed by atoms with van der Waals surface area (Å²) < 4.78 is 0. The zero-order valence-corrected chi connectivity index (χ0v) is 13.7. The Balaban J connectivity index is 2.13. The fourth-order valence-electron chi connectivity index (χ4n) is 1.88. The highest BCUT2D eigenvalue weighted by atomic mass is 35.5. The first-order valence-electron chi connectivity index (χ1n) is 6.61. The van der Waals surface area contributed by atoms with Gasteiger partial charge in [0.15, 0.2) is 0 Å². The number of carbonyl (C=O) groups excluding carboxylic acids is 1. The molecule has 0 saturated carbocycles. The van der Waals surface area contributed by atoms with Gasteiger partial charge in [-0.05, 0) is 60.9 Å². The zero-order valence-electron chi connectivity index (χ0n) is 12.2. The van der Waals surface area contributed by atoms with Gasteiger partial charge in [0.05, 0.1) is 5.69 Å². The maximum Gasteiger partial charge on any atom is 0.248 e. The van der Waals surface area contributed by atoms with Gasteiger partial charge in [-0.25, -0.2) is 0 Å². The molecule has 2 N–H and O–H groups in total. The summed E-state index contributed by atoms with van der Waals surface area (Å²) in [7, 11) is 0. The third-order valence-corrected chi connectivity index (χ3v) is 3.81. The molecule has 2 rings (SSSR count). The first-order valence-corrected chi connectivity index (χ1v) is 7.37. The number of phenols is 1. The molecule has 0 radical (unpaired) electrons. The minimum Gasteiger partial charge on any atom is -0.506 e. The molecule has 114 valence electrons. The molecule has 0 aliphatic carbocycles. The SMILES string of the molecule is Cc1cc(O)c(NC(=O)/C=C/c2ccc(Cl)cc2Cl)cc1C. The standard InChI is InChI=1S/C17H15Cl2NO2/c1-10-7-15(16(21)8-11(10)2)20-17(22)6-4-12-3-5-13(18)9-14(12)19/h3-9,21H,1-2H3,(H,20,22)/b6-4+. The van der Waals surface area contributed by atoms with E-state index in [1.165, 1.54) is 6.08 Å². The van der Waals surface area contributed by atoms with Crippen LogP contribution in [0.15, 0.2) is 36.4 Å². The number of rotatable bonds is 3. The monoisotopic (exact) mass is 335 g/mol. The van der Waals surface area contributed by atoms with Crippen LogP contribution >= 0.6 is 23.2 Å². The van der Waals surface area contributed by atoms with Gasteiger partial charge in [-0.3, -0.25) is 4.79 Å². The minimum atomic E-state index is -0.357. The predicted molar refractivity (Wildman–Crippen MR) is 91.7 cm³/mol. The third kappa shape index (κ3) is 4.03. The summed E-state index contributed by atoms with van der Waals surface area (Å²) >= 11 is 11.8. The van der Waals surface area contributed by atoms with Gasteiger partial charge in [0, 0.05) is 16.1 Å². The number of hydrogen-bond acceptors (Lipinski definition) is 2. The Hall–Kier alpha value is -1.97. The highest BCUT2D eigenvalue weighted by Gasteiger charge is 2.06. The van der Waals surface area contributed by atoms with E-state index < -0.39 is 0 Å². The van der Waals surface area contributed by atoms with Crippen molar-refractivity contribution < 1.29 is 9.90 Å². The molecule has 0 saturated heterocycles. The Morgan fingerprint density at radius 2 is 1.82 bits per heavy atom. The van der Waals surface area contributed by atoms with Gasteiger partial charge in [-0.15, -0.1) is 0 Å². The fraction of sp³-hybridized carbons (Fsp3) is 0.118. The van der Waals surface area contributed by atoms with Crippen molar-refractivity contribution in [1.29, 1.82) is 0 Å². The lowest BCUT2D eigenvalue weighted by Crippen LogP contribution is -2.08. The largest absolute Gasteiger partial charge is 0.506 e. The van der Waals surface area contributed by atoms with Crippen LogP contribution in [0.1, 0.15) is 16.7 Å². The number of anilines is 1. The average Bonchev–Trinajstić information content (AvgIpc) is 2.44.